The topological polar surface area (TPSA) is 35.5 Å². The third-order valence-corrected chi connectivity index (χ3v) is 4.63. The van der Waals surface area contributed by atoms with Crippen molar-refractivity contribution in [2.45, 2.75) is 64.0 Å². The van der Waals surface area contributed by atoms with Crippen molar-refractivity contribution in [3.63, 3.8) is 0 Å². The number of aliphatic hydroxyl groups is 1. The van der Waals surface area contributed by atoms with E-state index in [0.29, 0.717) is 6.04 Å². The summed E-state index contributed by atoms with van der Waals surface area (Å²) in [4.78, 5) is 2.45. The molecule has 0 aromatic heterocycles. The standard InChI is InChI=1S/C15H30N2O/c1-2-16-14-7-9-17(10-8-14)12-15(18)11-13-5-3-4-6-13/h13-16,18H,2-12H2,1H3. The van der Waals surface area contributed by atoms with E-state index in [0.717, 1.165) is 38.5 Å². The van der Waals surface area contributed by atoms with Crippen molar-refractivity contribution in [2.24, 2.45) is 5.92 Å². The summed E-state index contributed by atoms with van der Waals surface area (Å²) in [6.45, 7) is 6.46. The maximum absolute atomic E-state index is 10.2. The van der Waals surface area contributed by atoms with E-state index in [9.17, 15) is 5.11 Å². The zero-order chi connectivity index (χ0) is 12.8. The fraction of sp³-hybridized carbons (Fsp3) is 1.00. The van der Waals surface area contributed by atoms with Gasteiger partial charge in [0.15, 0.2) is 0 Å². The van der Waals surface area contributed by atoms with Crippen LogP contribution in [0.5, 0.6) is 0 Å². The van der Waals surface area contributed by atoms with Gasteiger partial charge in [-0.15, -0.1) is 0 Å². The van der Waals surface area contributed by atoms with E-state index in [2.05, 4.69) is 17.1 Å². The van der Waals surface area contributed by atoms with Gasteiger partial charge >= 0.3 is 0 Å². The molecule has 3 nitrogen and oxygen atoms in total. The fourth-order valence-corrected chi connectivity index (χ4v) is 3.61. The Balaban J connectivity index is 1.61. The molecule has 1 saturated carbocycles. The average Bonchev–Trinajstić information content (AvgIpc) is 2.84. The molecule has 0 radical (unpaired) electrons. The lowest BCUT2D eigenvalue weighted by molar-refractivity contribution is 0.0771. The van der Waals surface area contributed by atoms with Gasteiger partial charge in [0.2, 0.25) is 0 Å². The van der Waals surface area contributed by atoms with Crippen LogP contribution in [0.1, 0.15) is 51.9 Å². The molecule has 0 aromatic rings. The van der Waals surface area contributed by atoms with Crippen LogP contribution in [0, 0.1) is 5.92 Å². The van der Waals surface area contributed by atoms with Gasteiger partial charge in [-0.3, -0.25) is 0 Å². The van der Waals surface area contributed by atoms with E-state index in [1.165, 1.54) is 38.5 Å². The molecule has 1 unspecified atom stereocenters. The lowest BCUT2D eigenvalue weighted by atomic mass is 9.98. The molecule has 1 aliphatic carbocycles. The molecule has 1 aliphatic heterocycles. The van der Waals surface area contributed by atoms with Crippen LogP contribution < -0.4 is 5.32 Å². The Bertz CT molecular complexity index is 221. The molecule has 0 spiro atoms. The monoisotopic (exact) mass is 254 g/mol. The molecular weight excluding hydrogens is 224 g/mol. The maximum Gasteiger partial charge on any atom is 0.0669 e. The van der Waals surface area contributed by atoms with Gasteiger partial charge in [0, 0.05) is 12.6 Å². The van der Waals surface area contributed by atoms with E-state index in [4.69, 9.17) is 0 Å². The van der Waals surface area contributed by atoms with E-state index < -0.39 is 0 Å². The molecular formula is C15H30N2O. The molecule has 1 saturated heterocycles. The summed E-state index contributed by atoms with van der Waals surface area (Å²) in [7, 11) is 0. The van der Waals surface area contributed by atoms with Gasteiger partial charge in [0.05, 0.1) is 6.10 Å². The van der Waals surface area contributed by atoms with Crippen molar-refractivity contribution in [3.05, 3.63) is 0 Å². The van der Waals surface area contributed by atoms with Crippen LogP contribution in [0.15, 0.2) is 0 Å². The summed E-state index contributed by atoms with van der Waals surface area (Å²) in [5, 5.41) is 13.7. The summed E-state index contributed by atoms with van der Waals surface area (Å²) >= 11 is 0. The molecule has 2 fully saturated rings. The van der Waals surface area contributed by atoms with Crippen LogP contribution in [0.25, 0.3) is 0 Å². The van der Waals surface area contributed by atoms with Crippen molar-refractivity contribution in [2.75, 3.05) is 26.2 Å². The molecule has 2 aliphatic rings. The van der Waals surface area contributed by atoms with E-state index in [-0.39, 0.29) is 6.10 Å². The number of nitrogens with zero attached hydrogens (tertiary/aromatic N) is 1. The fourth-order valence-electron chi connectivity index (χ4n) is 3.61. The number of β-amino-alcohol motifs (C(OH)–C–C–N with tert-alkyl or cyclic N) is 1. The second-order valence-electron chi connectivity index (χ2n) is 6.17. The summed E-state index contributed by atoms with van der Waals surface area (Å²) in [6.07, 6.45) is 8.88. The number of piperidine rings is 1. The highest BCUT2D eigenvalue weighted by atomic mass is 16.3. The lowest BCUT2D eigenvalue weighted by Gasteiger charge is -2.33. The summed E-state index contributed by atoms with van der Waals surface area (Å²) in [5.41, 5.74) is 0. The summed E-state index contributed by atoms with van der Waals surface area (Å²) < 4.78 is 0. The first-order chi connectivity index (χ1) is 8.78. The zero-order valence-corrected chi connectivity index (χ0v) is 11.9. The van der Waals surface area contributed by atoms with Crippen molar-refractivity contribution in [3.8, 4) is 0 Å². The molecule has 3 heteroatoms. The molecule has 106 valence electrons. The van der Waals surface area contributed by atoms with Gasteiger partial charge in [-0.25, -0.2) is 0 Å². The minimum absolute atomic E-state index is 0.0937. The molecule has 0 bridgehead atoms. The van der Waals surface area contributed by atoms with Crippen LogP contribution in [-0.2, 0) is 0 Å². The average molecular weight is 254 g/mol. The second kappa shape index (κ2) is 7.46. The van der Waals surface area contributed by atoms with Crippen LogP contribution in [0.3, 0.4) is 0 Å². The number of aliphatic hydroxyl groups excluding tert-OH is 1. The first-order valence-corrected chi connectivity index (χ1v) is 7.91. The van der Waals surface area contributed by atoms with Crippen LogP contribution >= 0.6 is 0 Å². The number of rotatable bonds is 6. The third-order valence-electron chi connectivity index (χ3n) is 4.63. The Morgan fingerprint density at radius 1 is 1.17 bits per heavy atom. The smallest absolute Gasteiger partial charge is 0.0669 e. The Morgan fingerprint density at radius 3 is 2.44 bits per heavy atom. The zero-order valence-electron chi connectivity index (χ0n) is 11.9. The van der Waals surface area contributed by atoms with Gasteiger partial charge in [0.1, 0.15) is 0 Å². The maximum atomic E-state index is 10.2. The molecule has 0 aromatic carbocycles. The Kier molecular flexibility index (Phi) is 5.93. The normalized spacial score (nSPS) is 25.7. The number of hydrogen-bond acceptors (Lipinski definition) is 3. The van der Waals surface area contributed by atoms with E-state index >= 15 is 0 Å². The highest BCUT2D eigenvalue weighted by molar-refractivity contribution is 4.79. The van der Waals surface area contributed by atoms with Crippen LogP contribution in [0.4, 0.5) is 0 Å². The molecule has 1 heterocycles. The minimum atomic E-state index is -0.0937. The van der Waals surface area contributed by atoms with Crippen molar-refractivity contribution in [1.29, 1.82) is 0 Å². The Hall–Kier alpha value is -0.120. The SMILES string of the molecule is CCNC1CCN(CC(O)CC2CCCC2)CC1. The highest BCUT2D eigenvalue weighted by Crippen LogP contribution is 2.28. The Labute approximate surface area is 112 Å². The van der Waals surface area contributed by atoms with Gasteiger partial charge < -0.3 is 15.3 Å². The second-order valence-corrected chi connectivity index (χ2v) is 6.17. The number of nitrogens with one attached hydrogen (secondary N) is 1. The van der Waals surface area contributed by atoms with Crippen molar-refractivity contribution >= 4 is 0 Å². The molecule has 18 heavy (non-hydrogen) atoms. The van der Waals surface area contributed by atoms with Gasteiger partial charge in [-0.05, 0) is 44.8 Å². The third kappa shape index (κ3) is 4.52. The summed E-state index contributed by atoms with van der Waals surface area (Å²) in [6, 6.07) is 0.707. The van der Waals surface area contributed by atoms with Gasteiger partial charge in [0.25, 0.3) is 0 Å². The molecule has 2 N–H and O–H groups in total. The van der Waals surface area contributed by atoms with Crippen molar-refractivity contribution in [1.82, 2.24) is 10.2 Å². The first kappa shape index (κ1) is 14.3. The van der Waals surface area contributed by atoms with Gasteiger partial charge in [-0.1, -0.05) is 32.6 Å². The predicted molar refractivity (Wildman–Crippen MR) is 75.7 cm³/mol. The predicted octanol–water partition coefficient (Wildman–Crippen LogP) is 2.00. The molecule has 2 rings (SSSR count). The lowest BCUT2D eigenvalue weighted by Crippen LogP contribution is -2.45. The van der Waals surface area contributed by atoms with E-state index in [1.807, 2.05) is 0 Å². The first-order valence-electron chi connectivity index (χ1n) is 7.91. The van der Waals surface area contributed by atoms with Crippen LogP contribution in [0.2, 0.25) is 0 Å². The highest BCUT2D eigenvalue weighted by Gasteiger charge is 2.23. The quantitative estimate of drug-likeness (QED) is 0.761. The Morgan fingerprint density at radius 2 is 1.83 bits per heavy atom. The molecule has 0 amide bonds. The molecule has 1 atom stereocenters. The largest absolute Gasteiger partial charge is 0.392 e. The minimum Gasteiger partial charge on any atom is -0.392 e. The summed E-state index contributed by atoms with van der Waals surface area (Å²) in [5.74, 6) is 0.805. The van der Waals surface area contributed by atoms with Gasteiger partial charge in [-0.2, -0.15) is 0 Å². The number of likely N-dealkylation sites (tertiary alicyclic amines) is 1. The van der Waals surface area contributed by atoms with Crippen LogP contribution in [-0.4, -0.2) is 48.3 Å². The number of hydrogen-bond donors (Lipinski definition) is 2. The van der Waals surface area contributed by atoms with E-state index in [1.54, 1.807) is 0 Å². The van der Waals surface area contributed by atoms with Crippen molar-refractivity contribution < 1.29 is 5.11 Å².